The van der Waals surface area contributed by atoms with Gasteiger partial charge in [-0.3, -0.25) is 5.10 Å². The molecule has 1 unspecified atom stereocenters. The molecule has 88 valence electrons. The summed E-state index contributed by atoms with van der Waals surface area (Å²) in [6, 6.07) is 0. The van der Waals surface area contributed by atoms with Crippen molar-refractivity contribution in [1.29, 1.82) is 0 Å². The number of H-pyrrole nitrogens is 1. The Morgan fingerprint density at radius 3 is 3.00 bits per heavy atom. The van der Waals surface area contributed by atoms with E-state index >= 15 is 0 Å². The zero-order chi connectivity index (χ0) is 10.8. The Labute approximate surface area is 97.0 Å². The maximum atomic E-state index is 4.54. The Morgan fingerprint density at radius 2 is 2.12 bits per heavy atom. The molecule has 2 heterocycles. The molecular weight excluding hydrogens is 198 g/mol. The summed E-state index contributed by atoms with van der Waals surface area (Å²) in [5, 5.41) is 11.3. The van der Waals surface area contributed by atoms with Gasteiger partial charge >= 0.3 is 0 Å². The Bertz CT molecular complexity index is 350. The minimum atomic E-state index is 0.808. The van der Waals surface area contributed by atoms with Crippen LogP contribution in [0.4, 0.5) is 0 Å². The van der Waals surface area contributed by atoms with Gasteiger partial charge in [-0.1, -0.05) is 0 Å². The number of nitrogens with zero attached hydrogens (tertiary/aromatic N) is 1. The third-order valence-corrected chi connectivity index (χ3v) is 4.02. The largest absolute Gasteiger partial charge is 0.316 e. The van der Waals surface area contributed by atoms with Crippen LogP contribution in [0.1, 0.15) is 42.6 Å². The van der Waals surface area contributed by atoms with E-state index in [1.54, 1.807) is 5.56 Å². The molecule has 0 bridgehead atoms. The van der Waals surface area contributed by atoms with Crippen molar-refractivity contribution in [3.63, 3.8) is 0 Å². The molecule has 0 aromatic carbocycles. The fourth-order valence-electron chi connectivity index (χ4n) is 3.09. The minimum absolute atomic E-state index is 0.808. The lowest BCUT2D eigenvalue weighted by molar-refractivity contribution is 0.372. The van der Waals surface area contributed by atoms with E-state index in [0.717, 1.165) is 5.92 Å². The number of aromatic nitrogens is 2. The average molecular weight is 219 g/mol. The standard InChI is InChI=1S/C13H21N3/c1-2-6-12-11(5-1)13(16-15-12)8-10-4-3-7-14-9-10/h10,14H,1-9H2,(H,15,16). The number of piperidine rings is 1. The second-order valence-electron chi connectivity index (χ2n) is 5.25. The third kappa shape index (κ3) is 2.01. The summed E-state index contributed by atoms with van der Waals surface area (Å²) in [7, 11) is 0. The fourth-order valence-corrected chi connectivity index (χ4v) is 3.09. The zero-order valence-electron chi connectivity index (χ0n) is 9.89. The van der Waals surface area contributed by atoms with Crippen molar-refractivity contribution < 1.29 is 0 Å². The molecule has 3 heteroatoms. The van der Waals surface area contributed by atoms with E-state index < -0.39 is 0 Å². The van der Waals surface area contributed by atoms with Crippen molar-refractivity contribution in [2.45, 2.75) is 44.9 Å². The summed E-state index contributed by atoms with van der Waals surface area (Å²) in [6.07, 6.45) is 9.03. The van der Waals surface area contributed by atoms with Gasteiger partial charge in [0.2, 0.25) is 0 Å². The molecule has 0 radical (unpaired) electrons. The first-order valence-corrected chi connectivity index (χ1v) is 6.69. The molecule has 2 aliphatic rings. The number of rotatable bonds is 2. The Kier molecular flexibility index (Phi) is 2.96. The lowest BCUT2D eigenvalue weighted by atomic mass is 9.89. The smallest absolute Gasteiger partial charge is 0.0660 e. The van der Waals surface area contributed by atoms with Crippen molar-refractivity contribution >= 4 is 0 Å². The summed E-state index contributed by atoms with van der Waals surface area (Å²) >= 11 is 0. The van der Waals surface area contributed by atoms with Gasteiger partial charge in [0.25, 0.3) is 0 Å². The number of hydrogen-bond donors (Lipinski definition) is 2. The highest BCUT2D eigenvalue weighted by Gasteiger charge is 2.20. The molecule has 1 saturated heterocycles. The number of hydrogen-bond acceptors (Lipinski definition) is 2. The van der Waals surface area contributed by atoms with E-state index in [9.17, 15) is 0 Å². The molecule has 0 amide bonds. The second kappa shape index (κ2) is 4.58. The van der Waals surface area contributed by atoms with Crippen molar-refractivity contribution in [1.82, 2.24) is 15.5 Å². The van der Waals surface area contributed by atoms with Crippen molar-refractivity contribution in [2.75, 3.05) is 13.1 Å². The zero-order valence-corrected chi connectivity index (χ0v) is 9.89. The van der Waals surface area contributed by atoms with Gasteiger partial charge in [-0.25, -0.2) is 0 Å². The Hall–Kier alpha value is -0.830. The number of aromatic amines is 1. The fraction of sp³-hybridized carbons (Fsp3) is 0.769. The van der Waals surface area contributed by atoms with Crippen LogP contribution in [0.3, 0.4) is 0 Å². The molecule has 1 atom stereocenters. The molecule has 1 aromatic heterocycles. The molecule has 2 N–H and O–H groups in total. The molecule has 1 fully saturated rings. The average Bonchev–Trinajstić information content (AvgIpc) is 2.74. The van der Waals surface area contributed by atoms with Gasteiger partial charge in [-0.2, -0.15) is 5.10 Å². The highest BCUT2D eigenvalue weighted by Crippen LogP contribution is 2.25. The molecule has 0 saturated carbocycles. The summed E-state index contributed by atoms with van der Waals surface area (Å²) in [5.74, 6) is 0.808. The number of aryl methyl sites for hydroxylation is 1. The maximum absolute atomic E-state index is 4.54. The van der Waals surface area contributed by atoms with Crippen molar-refractivity contribution in [3.05, 3.63) is 17.0 Å². The highest BCUT2D eigenvalue weighted by molar-refractivity contribution is 5.28. The van der Waals surface area contributed by atoms with Crippen LogP contribution in [-0.2, 0) is 19.3 Å². The van der Waals surface area contributed by atoms with Gasteiger partial charge in [0.05, 0.1) is 5.69 Å². The maximum Gasteiger partial charge on any atom is 0.0660 e. The molecule has 1 aromatic rings. The predicted molar refractivity (Wildman–Crippen MR) is 64.5 cm³/mol. The molecule has 16 heavy (non-hydrogen) atoms. The highest BCUT2D eigenvalue weighted by atomic mass is 15.1. The van der Waals surface area contributed by atoms with Crippen LogP contribution in [0.5, 0.6) is 0 Å². The van der Waals surface area contributed by atoms with Gasteiger partial charge in [0.1, 0.15) is 0 Å². The Balaban J connectivity index is 1.71. The molecule has 3 nitrogen and oxygen atoms in total. The normalized spacial score (nSPS) is 25.4. The topological polar surface area (TPSA) is 40.7 Å². The van der Waals surface area contributed by atoms with Gasteiger partial charge in [-0.15, -0.1) is 0 Å². The summed E-state index contributed by atoms with van der Waals surface area (Å²) in [5.41, 5.74) is 4.34. The van der Waals surface area contributed by atoms with Crippen molar-refractivity contribution in [3.8, 4) is 0 Å². The minimum Gasteiger partial charge on any atom is -0.316 e. The van der Waals surface area contributed by atoms with E-state index in [2.05, 4.69) is 15.5 Å². The van der Waals surface area contributed by atoms with Crippen LogP contribution < -0.4 is 5.32 Å². The monoisotopic (exact) mass is 219 g/mol. The van der Waals surface area contributed by atoms with Gasteiger partial charge in [0.15, 0.2) is 0 Å². The second-order valence-corrected chi connectivity index (χ2v) is 5.25. The van der Waals surface area contributed by atoms with Crippen LogP contribution in [-0.4, -0.2) is 23.3 Å². The van der Waals surface area contributed by atoms with E-state index in [1.165, 1.54) is 69.4 Å². The van der Waals surface area contributed by atoms with Gasteiger partial charge < -0.3 is 5.32 Å². The van der Waals surface area contributed by atoms with E-state index in [0.29, 0.717) is 0 Å². The lowest BCUT2D eigenvalue weighted by Crippen LogP contribution is -2.31. The van der Waals surface area contributed by atoms with Crippen LogP contribution in [0.15, 0.2) is 0 Å². The van der Waals surface area contributed by atoms with Crippen molar-refractivity contribution in [2.24, 2.45) is 5.92 Å². The molecule has 1 aliphatic heterocycles. The van der Waals surface area contributed by atoms with E-state index in [4.69, 9.17) is 0 Å². The first-order chi connectivity index (χ1) is 7.93. The number of nitrogens with one attached hydrogen (secondary N) is 2. The third-order valence-electron chi connectivity index (χ3n) is 4.02. The summed E-state index contributed by atoms with van der Waals surface area (Å²) in [4.78, 5) is 0. The van der Waals surface area contributed by atoms with Crippen LogP contribution in [0.2, 0.25) is 0 Å². The van der Waals surface area contributed by atoms with Crippen LogP contribution in [0.25, 0.3) is 0 Å². The molecular formula is C13H21N3. The van der Waals surface area contributed by atoms with Gasteiger partial charge in [0, 0.05) is 5.69 Å². The predicted octanol–water partition coefficient (Wildman–Crippen LogP) is 1.83. The first-order valence-electron chi connectivity index (χ1n) is 6.69. The number of fused-ring (bicyclic) bond motifs is 1. The van der Waals surface area contributed by atoms with Crippen LogP contribution in [0, 0.1) is 5.92 Å². The first kappa shape index (κ1) is 10.3. The SMILES string of the molecule is C1CCc2c(CC3CCCNC3)n[nH]c2C1. The quantitative estimate of drug-likeness (QED) is 0.796. The van der Waals surface area contributed by atoms with Crippen LogP contribution >= 0.6 is 0 Å². The van der Waals surface area contributed by atoms with E-state index in [1.807, 2.05) is 0 Å². The molecule has 0 spiro atoms. The van der Waals surface area contributed by atoms with E-state index in [-0.39, 0.29) is 0 Å². The Morgan fingerprint density at radius 1 is 1.19 bits per heavy atom. The molecule has 1 aliphatic carbocycles. The van der Waals surface area contributed by atoms with Gasteiger partial charge in [-0.05, 0) is 69.5 Å². The lowest BCUT2D eigenvalue weighted by Gasteiger charge is -2.22. The summed E-state index contributed by atoms with van der Waals surface area (Å²) < 4.78 is 0. The molecule has 3 rings (SSSR count). The summed E-state index contributed by atoms with van der Waals surface area (Å²) in [6.45, 7) is 2.39.